The highest BCUT2D eigenvalue weighted by Crippen LogP contribution is 2.21. The lowest BCUT2D eigenvalue weighted by atomic mass is 9.96. The zero-order valence-electron chi connectivity index (χ0n) is 7.10. The average molecular weight is 177 g/mol. The van der Waals surface area contributed by atoms with Crippen LogP contribution in [0.15, 0.2) is 18.5 Å². The van der Waals surface area contributed by atoms with Gasteiger partial charge in [-0.05, 0) is 18.1 Å². The molecule has 4 heteroatoms. The van der Waals surface area contributed by atoms with E-state index in [2.05, 4.69) is 10.3 Å². The second-order valence-corrected chi connectivity index (χ2v) is 3.21. The van der Waals surface area contributed by atoms with Gasteiger partial charge in [0, 0.05) is 12.2 Å². The standard InChI is InChI=1S/C9H11N3O/c10-7-3-6-1-2-11-4-8(6)12-9(7)5-13/h1-2,4-5,7,9,12H,3,10H2. The Hall–Kier alpha value is -1.42. The monoisotopic (exact) mass is 177 g/mol. The number of nitrogens with one attached hydrogen (secondary N) is 1. The number of nitrogens with zero attached hydrogens (tertiary/aromatic N) is 1. The molecule has 1 aromatic rings. The lowest BCUT2D eigenvalue weighted by Crippen LogP contribution is -2.46. The summed E-state index contributed by atoms with van der Waals surface area (Å²) in [5.74, 6) is 0. The van der Waals surface area contributed by atoms with Crippen LogP contribution in [0.5, 0.6) is 0 Å². The second kappa shape index (κ2) is 3.14. The third-order valence-electron chi connectivity index (χ3n) is 2.30. The van der Waals surface area contributed by atoms with Crippen molar-refractivity contribution in [2.45, 2.75) is 18.5 Å². The molecule has 1 aliphatic rings. The summed E-state index contributed by atoms with van der Waals surface area (Å²) in [5.41, 5.74) is 7.83. The number of aromatic nitrogens is 1. The average Bonchev–Trinajstić information content (AvgIpc) is 2.17. The molecular weight excluding hydrogens is 166 g/mol. The van der Waals surface area contributed by atoms with E-state index in [0.29, 0.717) is 0 Å². The fraction of sp³-hybridized carbons (Fsp3) is 0.333. The minimum Gasteiger partial charge on any atom is -0.373 e. The molecule has 1 aliphatic heterocycles. The molecule has 0 fully saturated rings. The number of hydrogen-bond acceptors (Lipinski definition) is 4. The lowest BCUT2D eigenvalue weighted by molar-refractivity contribution is -0.108. The van der Waals surface area contributed by atoms with Gasteiger partial charge in [0.05, 0.1) is 17.9 Å². The number of pyridine rings is 1. The van der Waals surface area contributed by atoms with Crippen LogP contribution in [-0.4, -0.2) is 23.4 Å². The second-order valence-electron chi connectivity index (χ2n) is 3.21. The molecule has 68 valence electrons. The fourth-order valence-corrected chi connectivity index (χ4v) is 1.53. The van der Waals surface area contributed by atoms with Gasteiger partial charge in [-0.25, -0.2) is 0 Å². The van der Waals surface area contributed by atoms with E-state index in [-0.39, 0.29) is 12.1 Å². The topological polar surface area (TPSA) is 68.0 Å². The Kier molecular flexibility index (Phi) is 1.98. The number of rotatable bonds is 1. The van der Waals surface area contributed by atoms with E-state index >= 15 is 0 Å². The van der Waals surface area contributed by atoms with Crippen LogP contribution >= 0.6 is 0 Å². The smallest absolute Gasteiger partial charge is 0.143 e. The van der Waals surface area contributed by atoms with Gasteiger partial charge in [0.1, 0.15) is 6.29 Å². The largest absolute Gasteiger partial charge is 0.373 e. The fourth-order valence-electron chi connectivity index (χ4n) is 1.53. The summed E-state index contributed by atoms with van der Waals surface area (Å²) in [6.45, 7) is 0. The SMILES string of the molecule is NC1Cc2ccncc2NC1C=O. The van der Waals surface area contributed by atoms with Crippen molar-refractivity contribution in [3.05, 3.63) is 24.0 Å². The van der Waals surface area contributed by atoms with Crippen molar-refractivity contribution in [3.8, 4) is 0 Å². The van der Waals surface area contributed by atoms with Gasteiger partial charge >= 0.3 is 0 Å². The Balaban J connectivity index is 2.32. The van der Waals surface area contributed by atoms with E-state index in [1.807, 2.05) is 6.07 Å². The molecule has 0 amide bonds. The molecule has 13 heavy (non-hydrogen) atoms. The lowest BCUT2D eigenvalue weighted by Gasteiger charge is -2.28. The first kappa shape index (κ1) is 8.19. The van der Waals surface area contributed by atoms with E-state index in [4.69, 9.17) is 5.73 Å². The Labute approximate surface area is 76.2 Å². The van der Waals surface area contributed by atoms with Gasteiger partial charge in [-0.2, -0.15) is 0 Å². The first-order chi connectivity index (χ1) is 6.31. The number of aldehydes is 1. The van der Waals surface area contributed by atoms with E-state index in [9.17, 15) is 4.79 Å². The molecule has 3 N–H and O–H groups in total. The third-order valence-corrected chi connectivity index (χ3v) is 2.30. The Bertz CT molecular complexity index is 326. The molecule has 0 aliphatic carbocycles. The molecular formula is C9H11N3O. The molecule has 1 aromatic heterocycles. The number of carbonyl (C=O) groups is 1. The van der Waals surface area contributed by atoms with Gasteiger partial charge < -0.3 is 15.8 Å². The van der Waals surface area contributed by atoms with Crippen LogP contribution in [0.25, 0.3) is 0 Å². The third kappa shape index (κ3) is 1.40. The summed E-state index contributed by atoms with van der Waals surface area (Å²) >= 11 is 0. The maximum atomic E-state index is 10.6. The van der Waals surface area contributed by atoms with E-state index < -0.39 is 0 Å². The molecule has 4 nitrogen and oxygen atoms in total. The van der Waals surface area contributed by atoms with Crippen molar-refractivity contribution in [1.29, 1.82) is 0 Å². The van der Waals surface area contributed by atoms with E-state index in [1.54, 1.807) is 12.4 Å². The molecule has 0 spiro atoms. The van der Waals surface area contributed by atoms with Gasteiger partial charge in [0.25, 0.3) is 0 Å². The highest BCUT2D eigenvalue weighted by Gasteiger charge is 2.24. The minimum atomic E-state index is -0.281. The quantitative estimate of drug-likeness (QED) is 0.590. The van der Waals surface area contributed by atoms with Crippen molar-refractivity contribution in [2.75, 3.05) is 5.32 Å². The predicted octanol–water partition coefficient (Wildman–Crippen LogP) is -0.0556. The highest BCUT2D eigenvalue weighted by molar-refractivity contribution is 5.69. The van der Waals surface area contributed by atoms with Crippen LogP contribution in [0, 0.1) is 0 Å². The maximum absolute atomic E-state index is 10.6. The van der Waals surface area contributed by atoms with Gasteiger partial charge in [-0.1, -0.05) is 0 Å². The van der Waals surface area contributed by atoms with Crippen LogP contribution in [-0.2, 0) is 11.2 Å². The van der Waals surface area contributed by atoms with Gasteiger partial charge in [0.2, 0.25) is 0 Å². The highest BCUT2D eigenvalue weighted by atomic mass is 16.1. The van der Waals surface area contributed by atoms with Crippen molar-refractivity contribution < 1.29 is 4.79 Å². The summed E-state index contributed by atoms with van der Waals surface area (Å²) in [5, 5.41) is 3.04. The molecule has 0 saturated carbocycles. The first-order valence-corrected chi connectivity index (χ1v) is 4.21. The molecule has 2 unspecified atom stereocenters. The Morgan fingerprint density at radius 1 is 1.69 bits per heavy atom. The first-order valence-electron chi connectivity index (χ1n) is 4.21. The molecule has 0 radical (unpaired) electrons. The van der Waals surface area contributed by atoms with Crippen molar-refractivity contribution in [1.82, 2.24) is 4.98 Å². The van der Waals surface area contributed by atoms with Gasteiger partial charge in [0.15, 0.2) is 0 Å². The van der Waals surface area contributed by atoms with Crippen LogP contribution < -0.4 is 11.1 Å². The number of hydrogen-bond donors (Lipinski definition) is 2. The summed E-state index contributed by atoms with van der Waals surface area (Å²) in [6, 6.07) is 1.51. The van der Waals surface area contributed by atoms with E-state index in [0.717, 1.165) is 24.0 Å². The molecule has 2 atom stereocenters. The van der Waals surface area contributed by atoms with Crippen molar-refractivity contribution in [2.24, 2.45) is 5.73 Å². The predicted molar refractivity (Wildman–Crippen MR) is 49.4 cm³/mol. The minimum absolute atomic E-state index is 0.132. The Morgan fingerprint density at radius 2 is 2.54 bits per heavy atom. The van der Waals surface area contributed by atoms with Crippen LogP contribution in [0.2, 0.25) is 0 Å². The number of anilines is 1. The molecule has 0 bridgehead atoms. The van der Waals surface area contributed by atoms with Crippen LogP contribution in [0.3, 0.4) is 0 Å². The van der Waals surface area contributed by atoms with Crippen LogP contribution in [0.4, 0.5) is 5.69 Å². The Morgan fingerprint density at radius 3 is 3.31 bits per heavy atom. The number of nitrogens with two attached hydrogens (primary N) is 1. The van der Waals surface area contributed by atoms with Gasteiger partial charge in [-0.3, -0.25) is 4.98 Å². The summed E-state index contributed by atoms with van der Waals surface area (Å²) < 4.78 is 0. The maximum Gasteiger partial charge on any atom is 0.143 e. The number of carbonyl (C=O) groups excluding carboxylic acids is 1. The zero-order valence-corrected chi connectivity index (χ0v) is 7.10. The number of fused-ring (bicyclic) bond motifs is 1. The molecule has 0 aromatic carbocycles. The van der Waals surface area contributed by atoms with Crippen molar-refractivity contribution >= 4 is 12.0 Å². The normalized spacial score (nSPS) is 25.9. The van der Waals surface area contributed by atoms with Gasteiger partial charge in [-0.15, -0.1) is 0 Å². The summed E-state index contributed by atoms with van der Waals surface area (Å²) in [7, 11) is 0. The van der Waals surface area contributed by atoms with Crippen molar-refractivity contribution in [3.63, 3.8) is 0 Å². The molecule has 0 saturated heterocycles. The summed E-state index contributed by atoms with van der Waals surface area (Å²) in [4.78, 5) is 14.6. The molecule has 2 heterocycles. The summed E-state index contributed by atoms with van der Waals surface area (Å²) in [6.07, 6.45) is 5.03. The van der Waals surface area contributed by atoms with Crippen LogP contribution in [0.1, 0.15) is 5.56 Å². The van der Waals surface area contributed by atoms with E-state index in [1.165, 1.54) is 0 Å². The zero-order chi connectivity index (χ0) is 9.26. The molecule has 2 rings (SSSR count).